The lowest BCUT2D eigenvalue weighted by Gasteiger charge is -2.19. The molecule has 0 bridgehead atoms. The van der Waals surface area contributed by atoms with Crippen LogP contribution in [0.5, 0.6) is 0 Å². The molecule has 2 heterocycles. The van der Waals surface area contributed by atoms with E-state index in [0.717, 1.165) is 4.88 Å². The predicted molar refractivity (Wildman–Crippen MR) is 76.3 cm³/mol. The van der Waals surface area contributed by atoms with Crippen molar-refractivity contribution in [2.24, 2.45) is 7.05 Å². The van der Waals surface area contributed by atoms with Crippen LogP contribution in [0, 0.1) is 0 Å². The zero-order valence-corrected chi connectivity index (χ0v) is 13.7. The number of aromatic nitrogens is 3. The highest BCUT2D eigenvalue weighted by atomic mass is 79.9. The van der Waals surface area contributed by atoms with Crippen LogP contribution in [0.15, 0.2) is 27.1 Å². The summed E-state index contributed by atoms with van der Waals surface area (Å²) < 4.78 is 28.1. The molecule has 0 atom stereocenters. The molecule has 6 nitrogen and oxygen atoms in total. The Kier molecular flexibility index (Phi) is 4.39. The number of nitrogens with zero attached hydrogens (tertiary/aromatic N) is 4. The smallest absolute Gasteiger partial charge is 0.235 e. The molecular formula is C10H13BrN4O2S2. The number of hydrogen-bond donors (Lipinski definition) is 0. The molecule has 2 aromatic rings. The molecule has 0 unspecified atom stereocenters. The van der Waals surface area contributed by atoms with Gasteiger partial charge in [-0.15, -0.1) is 16.4 Å². The van der Waals surface area contributed by atoms with E-state index in [9.17, 15) is 8.42 Å². The lowest BCUT2D eigenvalue weighted by molar-refractivity contribution is 0.419. The topological polar surface area (TPSA) is 68.1 Å². The van der Waals surface area contributed by atoms with E-state index in [1.807, 2.05) is 24.4 Å². The van der Waals surface area contributed by atoms with E-state index in [1.165, 1.54) is 20.3 Å². The minimum atomic E-state index is -3.61. The van der Waals surface area contributed by atoms with Crippen molar-refractivity contribution >= 4 is 37.3 Å². The molecule has 2 rings (SSSR count). The highest BCUT2D eigenvalue weighted by molar-refractivity contribution is 9.10. The van der Waals surface area contributed by atoms with E-state index in [4.69, 9.17) is 0 Å². The maximum atomic E-state index is 12.6. The summed E-state index contributed by atoms with van der Waals surface area (Å²) in [6.45, 7) is 2.55. The fourth-order valence-corrected chi connectivity index (χ4v) is 4.92. The van der Waals surface area contributed by atoms with E-state index in [1.54, 1.807) is 7.05 Å². The van der Waals surface area contributed by atoms with Gasteiger partial charge >= 0.3 is 0 Å². The first-order valence-electron chi connectivity index (χ1n) is 5.54. The number of aryl methyl sites for hydroxylation is 1. The standard InChI is InChI=1S/C10H13BrN4O2S2/c1-3-15(7-8-5-4-6-18-8)19(16,17)10-9(11)12-13-14(10)2/h4-6H,3,7H2,1-2H3. The first-order valence-corrected chi connectivity index (χ1v) is 8.65. The summed E-state index contributed by atoms with van der Waals surface area (Å²) in [6, 6.07) is 3.82. The Morgan fingerprint density at radius 2 is 2.26 bits per heavy atom. The Morgan fingerprint density at radius 3 is 2.74 bits per heavy atom. The SMILES string of the molecule is CCN(Cc1cccs1)S(=O)(=O)c1c(Br)nnn1C. The fraction of sp³-hybridized carbons (Fsp3) is 0.400. The molecule has 0 aliphatic rings. The minimum Gasteiger partial charge on any atom is -0.235 e. The normalized spacial score (nSPS) is 12.2. The molecule has 0 N–H and O–H groups in total. The minimum absolute atomic E-state index is 0.0749. The summed E-state index contributed by atoms with van der Waals surface area (Å²) in [5.41, 5.74) is 0. The number of thiophene rings is 1. The van der Waals surface area contributed by atoms with Gasteiger partial charge in [-0.05, 0) is 27.4 Å². The number of rotatable bonds is 5. The van der Waals surface area contributed by atoms with Crippen molar-refractivity contribution < 1.29 is 8.42 Å². The van der Waals surface area contributed by atoms with E-state index < -0.39 is 10.0 Å². The van der Waals surface area contributed by atoms with Gasteiger partial charge in [0, 0.05) is 25.0 Å². The van der Waals surface area contributed by atoms with Gasteiger partial charge in [0.25, 0.3) is 10.0 Å². The Balaban J connectivity index is 2.37. The first kappa shape index (κ1) is 14.6. The maximum absolute atomic E-state index is 12.6. The Bertz CT molecular complexity index is 632. The summed E-state index contributed by atoms with van der Waals surface area (Å²) in [7, 11) is -2.05. The Morgan fingerprint density at radius 1 is 1.53 bits per heavy atom. The van der Waals surface area contributed by atoms with Crippen molar-refractivity contribution in [3.8, 4) is 0 Å². The molecule has 0 radical (unpaired) electrons. The predicted octanol–water partition coefficient (Wildman–Crippen LogP) is 1.85. The van der Waals surface area contributed by atoms with Gasteiger partial charge in [-0.25, -0.2) is 13.1 Å². The van der Waals surface area contributed by atoms with Crippen molar-refractivity contribution in [1.82, 2.24) is 19.3 Å². The molecule has 9 heteroatoms. The molecule has 0 aliphatic carbocycles. The molecule has 0 amide bonds. The van der Waals surface area contributed by atoms with Gasteiger partial charge in [-0.2, -0.15) is 4.31 Å². The lowest BCUT2D eigenvalue weighted by atomic mass is 10.4. The monoisotopic (exact) mass is 364 g/mol. The van der Waals surface area contributed by atoms with Gasteiger partial charge in [0.1, 0.15) is 0 Å². The van der Waals surface area contributed by atoms with Gasteiger partial charge in [0.05, 0.1) is 0 Å². The summed E-state index contributed by atoms with van der Waals surface area (Å²) in [5.74, 6) is 0. The average molecular weight is 365 g/mol. The van der Waals surface area contributed by atoms with Gasteiger partial charge < -0.3 is 0 Å². The summed E-state index contributed by atoms with van der Waals surface area (Å²) in [4.78, 5) is 0.997. The first-order chi connectivity index (χ1) is 8.96. The maximum Gasteiger partial charge on any atom is 0.263 e. The molecule has 0 saturated heterocycles. The van der Waals surface area contributed by atoms with Gasteiger partial charge in [-0.3, -0.25) is 0 Å². The van der Waals surface area contributed by atoms with Crippen LogP contribution in [0.3, 0.4) is 0 Å². The van der Waals surface area contributed by atoms with Crippen LogP contribution in [0.2, 0.25) is 0 Å². The zero-order chi connectivity index (χ0) is 14.0. The summed E-state index contributed by atoms with van der Waals surface area (Å²) >= 11 is 4.66. The van der Waals surface area contributed by atoms with Crippen molar-refractivity contribution in [1.29, 1.82) is 0 Å². The average Bonchev–Trinajstić information content (AvgIpc) is 2.96. The van der Waals surface area contributed by atoms with E-state index in [0.29, 0.717) is 13.1 Å². The number of sulfonamides is 1. The van der Waals surface area contributed by atoms with E-state index in [-0.39, 0.29) is 9.63 Å². The van der Waals surface area contributed by atoms with Gasteiger partial charge in [0.2, 0.25) is 5.03 Å². The molecule has 2 aromatic heterocycles. The highest BCUT2D eigenvalue weighted by Gasteiger charge is 2.30. The van der Waals surface area contributed by atoms with Crippen LogP contribution < -0.4 is 0 Å². The van der Waals surface area contributed by atoms with Crippen molar-refractivity contribution in [2.45, 2.75) is 18.5 Å². The largest absolute Gasteiger partial charge is 0.263 e. The van der Waals surface area contributed by atoms with Crippen LogP contribution in [-0.4, -0.2) is 34.3 Å². The molecule has 0 aliphatic heterocycles. The quantitative estimate of drug-likeness (QED) is 0.811. The molecule has 0 spiro atoms. The summed E-state index contributed by atoms with van der Waals surface area (Å²) in [5, 5.41) is 9.44. The molecule has 0 saturated carbocycles. The third-order valence-corrected chi connectivity index (χ3v) is 6.26. The summed E-state index contributed by atoms with van der Waals surface area (Å²) in [6.07, 6.45) is 0. The molecule has 104 valence electrons. The number of hydrogen-bond acceptors (Lipinski definition) is 5. The Hall–Kier alpha value is -0.770. The second-order valence-electron chi connectivity index (χ2n) is 3.82. The van der Waals surface area contributed by atoms with Crippen LogP contribution in [0.1, 0.15) is 11.8 Å². The third-order valence-electron chi connectivity index (χ3n) is 2.59. The van der Waals surface area contributed by atoms with Crippen LogP contribution in [0.4, 0.5) is 0 Å². The lowest BCUT2D eigenvalue weighted by Crippen LogP contribution is -2.31. The fourth-order valence-electron chi connectivity index (χ4n) is 1.66. The molecule has 19 heavy (non-hydrogen) atoms. The molecule has 0 aromatic carbocycles. The van der Waals surface area contributed by atoms with Crippen molar-refractivity contribution in [3.05, 3.63) is 27.0 Å². The van der Waals surface area contributed by atoms with Crippen LogP contribution in [-0.2, 0) is 23.6 Å². The highest BCUT2D eigenvalue weighted by Crippen LogP contribution is 2.24. The third kappa shape index (κ3) is 2.88. The molecular weight excluding hydrogens is 352 g/mol. The second-order valence-corrected chi connectivity index (χ2v) is 7.46. The van der Waals surface area contributed by atoms with Gasteiger partial charge in [0.15, 0.2) is 4.60 Å². The van der Waals surface area contributed by atoms with E-state index >= 15 is 0 Å². The van der Waals surface area contributed by atoms with Crippen LogP contribution >= 0.6 is 27.3 Å². The van der Waals surface area contributed by atoms with Crippen molar-refractivity contribution in [2.75, 3.05) is 6.54 Å². The molecule has 0 fully saturated rings. The zero-order valence-electron chi connectivity index (χ0n) is 10.4. The van der Waals surface area contributed by atoms with Gasteiger partial charge in [-0.1, -0.05) is 18.2 Å². The number of halogens is 1. The second kappa shape index (κ2) is 5.70. The van der Waals surface area contributed by atoms with E-state index in [2.05, 4.69) is 26.2 Å². The van der Waals surface area contributed by atoms with Crippen molar-refractivity contribution in [3.63, 3.8) is 0 Å². The Labute approximate surface area is 124 Å². The van der Waals surface area contributed by atoms with Crippen LogP contribution in [0.25, 0.3) is 0 Å².